The zero-order valence-corrected chi connectivity index (χ0v) is 10.8. The molecule has 1 rings (SSSR count). The van der Waals surface area contributed by atoms with Crippen LogP contribution >= 0.6 is 15.9 Å². The van der Waals surface area contributed by atoms with E-state index in [-0.39, 0.29) is 6.04 Å². The molecule has 1 N–H and O–H groups in total. The van der Waals surface area contributed by atoms with E-state index < -0.39 is 0 Å². The first kappa shape index (κ1) is 12.5. The van der Waals surface area contributed by atoms with Crippen molar-refractivity contribution in [2.75, 3.05) is 13.7 Å². The van der Waals surface area contributed by atoms with Crippen molar-refractivity contribution in [1.82, 2.24) is 5.48 Å². The molecule has 0 fully saturated rings. The van der Waals surface area contributed by atoms with Crippen LogP contribution in [0.4, 0.5) is 0 Å². The Labute approximate surface area is 98.9 Å². The van der Waals surface area contributed by atoms with Gasteiger partial charge in [-0.2, -0.15) is 5.48 Å². The Morgan fingerprint density at radius 3 is 2.73 bits per heavy atom. The first-order valence-electron chi connectivity index (χ1n) is 4.89. The van der Waals surface area contributed by atoms with Crippen molar-refractivity contribution in [2.24, 2.45) is 0 Å². The molecule has 15 heavy (non-hydrogen) atoms. The van der Waals surface area contributed by atoms with Crippen molar-refractivity contribution >= 4 is 15.9 Å². The van der Waals surface area contributed by atoms with Crippen molar-refractivity contribution in [3.05, 3.63) is 28.2 Å². The Morgan fingerprint density at radius 1 is 1.47 bits per heavy atom. The number of methoxy groups -OCH3 is 1. The average molecular weight is 274 g/mol. The Balaban J connectivity index is 2.73. The van der Waals surface area contributed by atoms with E-state index in [1.165, 1.54) is 0 Å². The molecule has 1 aromatic carbocycles. The number of hydroxylamine groups is 1. The van der Waals surface area contributed by atoms with Crippen LogP contribution in [-0.2, 0) is 4.84 Å². The van der Waals surface area contributed by atoms with Crippen LogP contribution in [0.25, 0.3) is 0 Å². The number of halogens is 1. The van der Waals surface area contributed by atoms with Crippen LogP contribution in [0.5, 0.6) is 5.75 Å². The van der Waals surface area contributed by atoms with Crippen molar-refractivity contribution in [3.63, 3.8) is 0 Å². The Kier molecular flexibility index (Phi) is 5.08. The molecule has 0 amide bonds. The summed E-state index contributed by atoms with van der Waals surface area (Å²) in [5, 5.41) is 0. The van der Waals surface area contributed by atoms with Crippen LogP contribution in [0.3, 0.4) is 0 Å². The molecule has 0 aliphatic carbocycles. The van der Waals surface area contributed by atoms with Crippen LogP contribution in [0.2, 0.25) is 0 Å². The number of ether oxygens (including phenoxy) is 1. The monoisotopic (exact) mass is 273 g/mol. The van der Waals surface area contributed by atoms with E-state index in [2.05, 4.69) is 21.4 Å². The van der Waals surface area contributed by atoms with Gasteiger partial charge in [0, 0.05) is 0 Å². The van der Waals surface area contributed by atoms with E-state index in [1.807, 2.05) is 32.0 Å². The van der Waals surface area contributed by atoms with Gasteiger partial charge in [-0.05, 0) is 47.5 Å². The van der Waals surface area contributed by atoms with Crippen molar-refractivity contribution in [2.45, 2.75) is 19.9 Å². The summed E-state index contributed by atoms with van der Waals surface area (Å²) in [6.45, 7) is 4.65. The minimum absolute atomic E-state index is 0.159. The second kappa shape index (κ2) is 6.10. The van der Waals surface area contributed by atoms with E-state index in [4.69, 9.17) is 9.57 Å². The largest absolute Gasteiger partial charge is 0.496 e. The van der Waals surface area contributed by atoms with Crippen LogP contribution < -0.4 is 10.2 Å². The van der Waals surface area contributed by atoms with Gasteiger partial charge in [-0.3, -0.25) is 0 Å². The lowest BCUT2D eigenvalue weighted by Crippen LogP contribution is -2.18. The maximum absolute atomic E-state index is 5.16. The van der Waals surface area contributed by atoms with Crippen LogP contribution in [-0.4, -0.2) is 13.7 Å². The summed E-state index contributed by atoms with van der Waals surface area (Å²) in [5.41, 5.74) is 4.10. The highest BCUT2D eigenvalue weighted by atomic mass is 79.9. The third-order valence-corrected chi connectivity index (χ3v) is 2.70. The minimum Gasteiger partial charge on any atom is -0.496 e. The molecule has 0 bridgehead atoms. The topological polar surface area (TPSA) is 30.5 Å². The number of hydrogen-bond acceptors (Lipinski definition) is 3. The number of hydrogen-bond donors (Lipinski definition) is 1. The van der Waals surface area contributed by atoms with Gasteiger partial charge >= 0.3 is 0 Å². The Hall–Kier alpha value is -0.580. The fourth-order valence-corrected chi connectivity index (χ4v) is 1.79. The number of benzene rings is 1. The summed E-state index contributed by atoms with van der Waals surface area (Å²) in [6, 6.07) is 6.13. The summed E-state index contributed by atoms with van der Waals surface area (Å²) in [4.78, 5) is 5.15. The molecule has 0 saturated heterocycles. The van der Waals surface area contributed by atoms with Gasteiger partial charge in [-0.25, -0.2) is 0 Å². The molecule has 1 atom stereocenters. The standard InChI is InChI=1S/C11H16BrNO2/c1-4-15-13-8(2)9-5-6-11(14-3)10(12)7-9/h5-8,13H,4H2,1-3H3. The first-order valence-corrected chi connectivity index (χ1v) is 5.69. The first-order chi connectivity index (χ1) is 7.19. The molecule has 0 spiro atoms. The third-order valence-electron chi connectivity index (χ3n) is 2.08. The van der Waals surface area contributed by atoms with Gasteiger partial charge in [0.2, 0.25) is 0 Å². The SMILES string of the molecule is CCONC(C)c1ccc(OC)c(Br)c1. The van der Waals surface area contributed by atoms with Crippen molar-refractivity contribution < 1.29 is 9.57 Å². The third kappa shape index (κ3) is 3.48. The van der Waals surface area contributed by atoms with E-state index in [0.29, 0.717) is 6.61 Å². The fourth-order valence-electron chi connectivity index (χ4n) is 1.23. The molecule has 0 saturated carbocycles. The number of rotatable bonds is 5. The molecule has 0 aromatic heterocycles. The van der Waals surface area contributed by atoms with E-state index in [9.17, 15) is 0 Å². The summed E-state index contributed by atoms with van der Waals surface area (Å²) >= 11 is 3.45. The van der Waals surface area contributed by atoms with Crippen molar-refractivity contribution in [1.29, 1.82) is 0 Å². The Bertz CT molecular complexity index is 317. The smallest absolute Gasteiger partial charge is 0.133 e. The quantitative estimate of drug-likeness (QED) is 0.837. The van der Waals surface area contributed by atoms with Gasteiger partial charge in [-0.1, -0.05) is 6.07 Å². The van der Waals surface area contributed by atoms with E-state index in [0.717, 1.165) is 15.8 Å². The summed E-state index contributed by atoms with van der Waals surface area (Å²) in [7, 11) is 1.65. The summed E-state index contributed by atoms with van der Waals surface area (Å²) in [5.74, 6) is 0.836. The van der Waals surface area contributed by atoms with Crippen LogP contribution in [0.1, 0.15) is 25.5 Å². The van der Waals surface area contributed by atoms with Gasteiger partial charge in [0.05, 0.1) is 24.2 Å². The predicted molar refractivity (Wildman–Crippen MR) is 63.9 cm³/mol. The van der Waals surface area contributed by atoms with Gasteiger partial charge < -0.3 is 9.57 Å². The van der Waals surface area contributed by atoms with Crippen LogP contribution in [0.15, 0.2) is 22.7 Å². The molecule has 84 valence electrons. The molecule has 1 unspecified atom stereocenters. The minimum atomic E-state index is 0.159. The van der Waals surface area contributed by atoms with E-state index >= 15 is 0 Å². The second-order valence-corrected chi connectivity index (χ2v) is 4.02. The Morgan fingerprint density at radius 2 is 2.20 bits per heavy atom. The molecule has 1 aromatic rings. The average Bonchev–Trinajstić information content (AvgIpc) is 2.25. The summed E-state index contributed by atoms with van der Waals surface area (Å²) < 4.78 is 6.11. The van der Waals surface area contributed by atoms with Gasteiger partial charge in [-0.15, -0.1) is 0 Å². The number of nitrogens with one attached hydrogen (secondary N) is 1. The van der Waals surface area contributed by atoms with E-state index in [1.54, 1.807) is 7.11 Å². The lowest BCUT2D eigenvalue weighted by molar-refractivity contribution is 0.0285. The molecule has 3 nitrogen and oxygen atoms in total. The zero-order chi connectivity index (χ0) is 11.3. The molecule has 4 heteroatoms. The highest BCUT2D eigenvalue weighted by Crippen LogP contribution is 2.27. The molecular weight excluding hydrogens is 258 g/mol. The highest BCUT2D eigenvalue weighted by molar-refractivity contribution is 9.10. The van der Waals surface area contributed by atoms with Gasteiger partial charge in [0.25, 0.3) is 0 Å². The summed E-state index contributed by atoms with van der Waals surface area (Å²) in [6.07, 6.45) is 0. The van der Waals surface area contributed by atoms with Crippen LogP contribution in [0, 0.1) is 0 Å². The van der Waals surface area contributed by atoms with Gasteiger partial charge in [0.1, 0.15) is 5.75 Å². The molecule has 0 radical (unpaired) electrons. The maximum Gasteiger partial charge on any atom is 0.133 e. The fraction of sp³-hybridized carbons (Fsp3) is 0.455. The predicted octanol–water partition coefficient (Wildman–Crippen LogP) is 3.06. The molecular formula is C11H16BrNO2. The molecule has 0 aliphatic rings. The van der Waals surface area contributed by atoms with Crippen molar-refractivity contribution in [3.8, 4) is 5.75 Å². The molecule has 0 heterocycles. The van der Waals surface area contributed by atoms with Gasteiger partial charge in [0.15, 0.2) is 0 Å². The molecule has 0 aliphatic heterocycles. The lowest BCUT2D eigenvalue weighted by Gasteiger charge is -2.14. The lowest BCUT2D eigenvalue weighted by atomic mass is 10.1. The maximum atomic E-state index is 5.16. The highest BCUT2D eigenvalue weighted by Gasteiger charge is 2.07. The normalized spacial score (nSPS) is 12.5. The second-order valence-electron chi connectivity index (χ2n) is 3.17. The zero-order valence-electron chi connectivity index (χ0n) is 9.21.